The van der Waals surface area contributed by atoms with E-state index in [1.165, 1.54) is 13.0 Å². The van der Waals surface area contributed by atoms with Gasteiger partial charge in [-0.2, -0.15) is 4.72 Å². The topological polar surface area (TPSA) is 83.5 Å². The minimum atomic E-state index is -4.05. The summed E-state index contributed by atoms with van der Waals surface area (Å²) in [5, 5.41) is 8.94. The molecule has 1 rings (SSSR count). The third-order valence-corrected chi connectivity index (χ3v) is 4.23. The first-order valence-corrected chi connectivity index (χ1v) is 7.27. The Kier molecular flexibility index (Phi) is 5.02. The quantitative estimate of drug-likeness (QED) is 0.834. The van der Waals surface area contributed by atoms with Crippen LogP contribution in [0.5, 0.6) is 0 Å². The van der Waals surface area contributed by atoms with Gasteiger partial charge in [0, 0.05) is 0 Å². The minimum Gasteiger partial charge on any atom is -0.480 e. The van der Waals surface area contributed by atoms with Crippen LogP contribution in [0.2, 0.25) is 0 Å². The lowest BCUT2D eigenvalue weighted by Gasteiger charge is -2.15. The Morgan fingerprint density at radius 2 is 2.11 bits per heavy atom. The van der Waals surface area contributed by atoms with Crippen molar-refractivity contribution < 1.29 is 22.7 Å². The molecule has 106 valence electrons. The molecule has 7 heteroatoms. The molecule has 2 N–H and O–H groups in total. The predicted octanol–water partition coefficient (Wildman–Crippen LogP) is 1.67. The number of aryl methyl sites for hydroxylation is 1. The lowest BCUT2D eigenvalue weighted by atomic mass is 10.2. The molecule has 19 heavy (non-hydrogen) atoms. The number of sulfonamides is 1. The molecular formula is C12H16FNO4S. The standard InChI is InChI=1S/C12H16FNO4S/c1-3-4-10(12(15)16)14-19(17,18)11-7-9(13)6-5-8(11)2/h5-7,10,14H,3-4H2,1-2H3,(H,15,16)/t10-/m0/s1. The van der Waals surface area contributed by atoms with E-state index in [2.05, 4.69) is 4.72 Å². The summed E-state index contributed by atoms with van der Waals surface area (Å²) in [5.41, 5.74) is 0.356. The van der Waals surface area contributed by atoms with Gasteiger partial charge in [0.15, 0.2) is 0 Å². The molecule has 0 unspecified atom stereocenters. The maximum absolute atomic E-state index is 13.1. The van der Waals surface area contributed by atoms with Gasteiger partial charge in [0.25, 0.3) is 0 Å². The van der Waals surface area contributed by atoms with Crippen LogP contribution >= 0.6 is 0 Å². The molecule has 0 aliphatic heterocycles. The van der Waals surface area contributed by atoms with Gasteiger partial charge in [0.2, 0.25) is 10.0 Å². The molecule has 5 nitrogen and oxygen atoms in total. The molecule has 0 saturated carbocycles. The zero-order valence-corrected chi connectivity index (χ0v) is 11.5. The molecule has 0 aromatic heterocycles. The van der Waals surface area contributed by atoms with Crippen molar-refractivity contribution in [1.82, 2.24) is 4.72 Å². The molecule has 0 aliphatic carbocycles. The second-order valence-electron chi connectivity index (χ2n) is 4.21. The van der Waals surface area contributed by atoms with Gasteiger partial charge in [-0.15, -0.1) is 0 Å². The number of halogens is 1. The van der Waals surface area contributed by atoms with E-state index < -0.39 is 27.9 Å². The highest BCUT2D eigenvalue weighted by Gasteiger charge is 2.26. The van der Waals surface area contributed by atoms with E-state index in [-0.39, 0.29) is 11.3 Å². The highest BCUT2D eigenvalue weighted by atomic mass is 32.2. The Labute approximate surface area is 111 Å². The first-order valence-electron chi connectivity index (χ1n) is 5.79. The Morgan fingerprint density at radius 3 is 2.63 bits per heavy atom. The van der Waals surface area contributed by atoms with Crippen LogP contribution in [0.3, 0.4) is 0 Å². The second-order valence-corrected chi connectivity index (χ2v) is 5.89. The van der Waals surface area contributed by atoms with Crippen LogP contribution in [0.25, 0.3) is 0 Å². The number of carboxylic acids is 1. The molecule has 0 bridgehead atoms. The molecule has 0 spiro atoms. The van der Waals surface area contributed by atoms with Gasteiger partial charge in [-0.1, -0.05) is 19.4 Å². The predicted molar refractivity (Wildman–Crippen MR) is 67.8 cm³/mol. The summed E-state index contributed by atoms with van der Waals surface area (Å²) in [6.07, 6.45) is 0.685. The van der Waals surface area contributed by atoms with Crippen molar-refractivity contribution in [3.8, 4) is 0 Å². The molecule has 0 radical (unpaired) electrons. The number of nitrogens with one attached hydrogen (secondary N) is 1. The van der Waals surface area contributed by atoms with Crippen LogP contribution in [0.15, 0.2) is 23.1 Å². The van der Waals surface area contributed by atoms with Crippen LogP contribution in [-0.2, 0) is 14.8 Å². The highest BCUT2D eigenvalue weighted by Crippen LogP contribution is 2.17. The Morgan fingerprint density at radius 1 is 1.47 bits per heavy atom. The molecular weight excluding hydrogens is 273 g/mol. The maximum atomic E-state index is 13.1. The van der Waals surface area contributed by atoms with E-state index in [0.29, 0.717) is 12.0 Å². The summed E-state index contributed by atoms with van der Waals surface area (Å²) >= 11 is 0. The third-order valence-electron chi connectivity index (χ3n) is 2.61. The van der Waals surface area contributed by atoms with Crippen LogP contribution < -0.4 is 4.72 Å². The van der Waals surface area contributed by atoms with Gasteiger partial charge in [0.1, 0.15) is 11.9 Å². The number of aliphatic carboxylic acids is 1. The SMILES string of the molecule is CCC[C@H](NS(=O)(=O)c1cc(F)ccc1C)C(=O)O. The van der Waals surface area contributed by atoms with E-state index >= 15 is 0 Å². The molecule has 0 fully saturated rings. The normalized spacial score (nSPS) is 13.2. The number of benzene rings is 1. The first-order chi connectivity index (χ1) is 8.77. The molecule has 1 aromatic carbocycles. The van der Waals surface area contributed by atoms with Gasteiger partial charge < -0.3 is 5.11 Å². The van der Waals surface area contributed by atoms with Gasteiger partial charge in [0.05, 0.1) is 4.90 Å². The zero-order chi connectivity index (χ0) is 14.6. The van der Waals surface area contributed by atoms with Gasteiger partial charge in [-0.3, -0.25) is 4.79 Å². The number of carbonyl (C=O) groups is 1. The van der Waals surface area contributed by atoms with E-state index in [4.69, 9.17) is 5.11 Å². The van der Waals surface area contributed by atoms with Crippen LogP contribution in [0.4, 0.5) is 4.39 Å². The second kappa shape index (κ2) is 6.12. The summed E-state index contributed by atoms with van der Waals surface area (Å²) < 4.78 is 39.3. The van der Waals surface area contributed by atoms with Crippen LogP contribution in [-0.4, -0.2) is 25.5 Å². The average molecular weight is 289 g/mol. The van der Waals surface area contributed by atoms with Gasteiger partial charge >= 0.3 is 5.97 Å². The fraction of sp³-hybridized carbons (Fsp3) is 0.417. The molecule has 0 aliphatic rings. The fourth-order valence-corrected chi connectivity index (χ4v) is 3.12. The molecule has 0 heterocycles. The van der Waals surface area contributed by atoms with Crippen LogP contribution in [0.1, 0.15) is 25.3 Å². The van der Waals surface area contributed by atoms with E-state index in [1.54, 1.807) is 6.92 Å². The number of hydrogen-bond acceptors (Lipinski definition) is 3. The summed E-state index contributed by atoms with van der Waals surface area (Å²) in [4.78, 5) is 10.7. The summed E-state index contributed by atoms with van der Waals surface area (Å²) in [6.45, 7) is 3.27. The van der Waals surface area contributed by atoms with Crippen LogP contribution in [0, 0.1) is 12.7 Å². The Balaban J connectivity index is 3.10. The Hall–Kier alpha value is -1.47. The van der Waals surface area contributed by atoms with E-state index in [0.717, 1.165) is 12.1 Å². The molecule has 0 saturated heterocycles. The summed E-state index contributed by atoms with van der Waals surface area (Å²) in [7, 11) is -4.05. The number of hydrogen-bond donors (Lipinski definition) is 2. The monoisotopic (exact) mass is 289 g/mol. The number of carboxylic acid groups (broad SMARTS) is 1. The summed E-state index contributed by atoms with van der Waals surface area (Å²) in [6, 6.07) is 2.15. The zero-order valence-electron chi connectivity index (χ0n) is 10.7. The number of rotatable bonds is 6. The smallest absolute Gasteiger partial charge is 0.321 e. The third kappa shape index (κ3) is 4.00. The molecule has 1 atom stereocenters. The van der Waals surface area contributed by atoms with Crippen molar-refractivity contribution in [3.63, 3.8) is 0 Å². The fourth-order valence-electron chi connectivity index (χ4n) is 1.64. The largest absolute Gasteiger partial charge is 0.480 e. The van der Waals surface area contributed by atoms with E-state index in [9.17, 15) is 17.6 Å². The van der Waals surface area contributed by atoms with E-state index in [1.807, 2.05) is 0 Å². The molecule has 0 amide bonds. The summed E-state index contributed by atoms with van der Waals surface area (Å²) in [5.74, 6) is -1.94. The van der Waals surface area contributed by atoms with Crippen molar-refractivity contribution in [2.45, 2.75) is 37.6 Å². The van der Waals surface area contributed by atoms with Crippen molar-refractivity contribution >= 4 is 16.0 Å². The van der Waals surface area contributed by atoms with Crippen molar-refractivity contribution in [3.05, 3.63) is 29.6 Å². The lowest BCUT2D eigenvalue weighted by molar-refractivity contribution is -0.139. The average Bonchev–Trinajstić information content (AvgIpc) is 2.31. The Bertz CT molecular complexity index is 571. The van der Waals surface area contributed by atoms with Gasteiger partial charge in [-0.25, -0.2) is 12.8 Å². The first kappa shape index (κ1) is 15.6. The maximum Gasteiger partial charge on any atom is 0.321 e. The van der Waals surface area contributed by atoms with Crippen molar-refractivity contribution in [2.24, 2.45) is 0 Å². The lowest BCUT2D eigenvalue weighted by Crippen LogP contribution is -2.40. The van der Waals surface area contributed by atoms with Gasteiger partial charge in [-0.05, 0) is 31.0 Å². The minimum absolute atomic E-state index is 0.170. The van der Waals surface area contributed by atoms with Crippen molar-refractivity contribution in [2.75, 3.05) is 0 Å². The highest BCUT2D eigenvalue weighted by molar-refractivity contribution is 7.89. The van der Waals surface area contributed by atoms with Crippen molar-refractivity contribution in [1.29, 1.82) is 0 Å². The molecule has 1 aromatic rings.